The lowest BCUT2D eigenvalue weighted by Crippen LogP contribution is -2.31. The molecule has 0 spiro atoms. The van der Waals surface area contributed by atoms with Crippen molar-refractivity contribution in [1.29, 1.82) is 0 Å². The largest absolute Gasteiger partial charge is 0.399 e. The maximum atomic E-state index is 11.3. The van der Waals surface area contributed by atoms with Gasteiger partial charge in [-0.05, 0) is 43.7 Å². The van der Waals surface area contributed by atoms with Gasteiger partial charge in [0.15, 0.2) is 0 Å². The van der Waals surface area contributed by atoms with Crippen molar-refractivity contribution in [3.05, 3.63) is 53.7 Å². The van der Waals surface area contributed by atoms with Gasteiger partial charge in [0.25, 0.3) is 5.91 Å². The molecule has 1 amide bonds. The highest BCUT2D eigenvalue weighted by Crippen LogP contribution is 2.19. The number of nitrogen functional groups attached to an aromatic ring is 1. The van der Waals surface area contributed by atoms with Crippen molar-refractivity contribution >= 4 is 17.4 Å². The van der Waals surface area contributed by atoms with Crippen molar-refractivity contribution in [2.24, 2.45) is 5.73 Å². The summed E-state index contributed by atoms with van der Waals surface area (Å²) in [5.74, 6) is 0.202. The Morgan fingerprint density at radius 3 is 2.57 bits per heavy atom. The maximum absolute atomic E-state index is 11.3. The minimum Gasteiger partial charge on any atom is -0.399 e. The third kappa shape index (κ3) is 3.72. The van der Waals surface area contributed by atoms with Gasteiger partial charge >= 0.3 is 0 Å². The second kappa shape index (κ2) is 6.26. The molecule has 5 heteroatoms. The van der Waals surface area contributed by atoms with E-state index in [2.05, 4.69) is 23.7 Å². The fourth-order valence-electron chi connectivity index (χ4n) is 2.14. The quantitative estimate of drug-likeness (QED) is 0.824. The second-order valence-corrected chi connectivity index (χ2v) is 5.21. The lowest BCUT2D eigenvalue weighted by atomic mass is 10.1. The molecule has 1 aromatic heterocycles. The van der Waals surface area contributed by atoms with Gasteiger partial charge in [-0.1, -0.05) is 18.2 Å². The van der Waals surface area contributed by atoms with E-state index in [0.29, 0.717) is 6.54 Å². The van der Waals surface area contributed by atoms with Gasteiger partial charge in [-0.2, -0.15) is 0 Å². The topological polar surface area (TPSA) is 85.2 Å². The summed E-state index contributed by atoms with van der Waals surface area (Å²) in [6.07, 6.45) is 0. The number of carbonyl (C=O) groups excluding carboxylic acids is 1. The van der Waals surface area contributed by atoms with E-state index in [4.69, 9.17) is 11.5 Å². The average molecular weight is 284 g/mol. The molecule has 2 aromatic rings. The summed E-state index contributed by atoms with van der Waals surface area (Å²) in [6, 6.07) is 13.2. The highest BCUT2D eigenvalue weighted by Gasteiger charge is 2.14. The molecule has 0 aliphatic carbocycles. The Hall–Kier alpha value is -2.56. The molecule has 1 aromatic carbocycles. The van der Waals surface area contributed by atoms with E-state index in [1.54, 1.807) is 12.1 Å². The standard InChI is InChI=1S/C16H20N4O/c1-11(2)20(10-12-5-3-6-13(17)9-12)15-8-4-7-14(19-15)16(18)21/h3-9,11H,10,17H2,1-2H3,(H2,18,21). The summed E-state index contributed by atoms with van der Waals surface area (Å²) in [4.78, 5) is 17.7. The summed E-state index contributed by atoms with van der Waals surface area (Å²) < 4.78 is 0. The molecular formula is C16H20N4O. The Labute approximate surface area is 124 Å². The molecule has 0 aliphatic rings. The summed E-state index contributed by atoms with van der Waals surface area (Å²) in [5.41, 5.74) is 13.2. The van der Waals surface area contributed by atoms with Gasteiger partial charge in [0.2, 0.25) is 0 Å². The predicted molar refractivity (Wildman–Crippen MR) is 84.9 cm³/mol. The lowest BCUT2D eigenvalue weighted by molar-refractivity contribution is 0.0995. The van der Waals surface area contributed by atoms with Crippen LogP contribution < -0.4 is 16.4 Å². The molecule has 5 nitrogen and oxygen atoms in total. The van der Waals surface area contributed by atoms with Crippen molar-refractivity contribution < 1.29 is 4.79 Å². The number of amides is 1. The number of pyridine rings is 1. The van der Waals surface area contributed by atoms with Gasteiger partial charge in [-0.3, -0.25) is 4.79 Å². The highest BCUT2D eigenvalue weighted by molar-refractivity contribution is 5.91. The third-order valence-electron chi connectivity index (χ3n) is 3.21. The van der Waals surface area contributed by atoms with E-state index in [9.17, 15) is 4.79 Å². The number of aromatic nitrogens is 1. The molecule has 4 N–H and O–H groups in total. The first-order valence-electron chi connectivity index (χ1n) is 6.85. The fraction of sp³-hybridized carbons (Fsp3) is 0.250. The van der Waals surface area contributed by atoms with Crippen molar-refractivity contribution in [3.8, 4) is 0 Å². The van der Waals surface area contributed by atoms with E-state index >= 15 is 0 Å². The Morgan fingerprint density at radius 1 is 1.24 bits per heavy atom. The van der Waals surface area contributed by atoms with Gasteiger partial charge in [0.1, 0.15) is 11.5 Å². The van der Waals surface area contributed by atoms with Crippen molar-refractivity contribution in [2.75, 3.05) is 10.6 Å². The first-order chi connectivity index (χ1) is 9.97. The molecule has 0 fully saturated rings. The molecule has 0 atom stereocenters. The predicted octanol–water partition coefficient (Wildman–Crippen LogP) is 2.18. The monoisotopic (exact) mass is 284 g/mol. The number of rotatable bonds is 5. The Bertz CT molecular complexity index is 640. The van der Waals surface area contributed by atoms with Crippen LogP contribution >= 0.6 is 0 Å². The van der Waals surface area contributed by atoms with Crippen molar-refractivity contribution in [2.45, 2.75) is 26.4 Å². The molecule has 2 rings (SSSR count). The van der Waals surface area contributed by atoms with E-state index in [0.717, 1.165) is 17.1 Å². The zero-order valence-corrected chi connectivity index (χ0v) is 12.3. The minimum absolute atomic E-state index is 0.224. The zero-order chi connectivity index (χ0) is 15.4. The number of anilines is 2. The molecule has 110 valence electrons. The van der Waals surface area contributed by atoms with Crippen molar-refractivity contribution in [1.82, 2.24) is 4.98 Å². The highest BCUT2D eigenvalue weighted by atomic mass is 16.1. The normalized spacial score (nSPS) is 10.6. The molecule has 0 radical (unpaired) electrons. The number of carbonyl (C=O) groups is 1. The first-order valence-corrected chi connectivity index (χ1v) is 6.85. The van der Waals surface area contributed by atoms with Crippen LogP contribution in [0.15, 0.2) is 42.5 Å². The smallest absolute Gasteiger partial charge is 0.267 e. The summed E-state index contributed by atoms with van der Waals surface area (Å²) in [5, 5.41) is 0. The van der Waals surface area contributed by atoms with Gasteiger partial charge in [0.05, 0.1) is 0 Å². The lowest BCUT2D eigenvalue weighted by Gasteiger charge is -2.28. The Balaban J connectivity index is 2.31. The zero-order valence-electron chi connectivity index (χ0n) is 12.3. The van der Waals surface area contributed by atoms with Crippen LogP contribution in [-0.4, -0.2) is 16.9 Å². The van der Waals surface area contributed by atoms with E-state index < -0.39 is 5.91 Å². The van der Waals surface area contributed by atoms with Gasteiger partial charge in [0, 0.05) is 18.3 Å². The van der Waals surface area contributed by atoms with Crippen molar-refractivity contribution in [3.63, 3.8) is 0 Å². The van der Waals surface area contributed by atoms with Crippen LogP contribution in [0.3, 0.4) is 0 Å². The summed E-state index contributed by atoms with van der Waals surface area (Å²) >= 11 is 0. The third-order valence-corrected chi connectivity index (χ3v) is 3.21. The van der Waals surface area contributed by atoms with Crippen LogP contribution in [0.25, 0.3) is 0 Å². The summed E-state index contributed by atoms with van der Waals surface area (Å²) in [6.45, 7) is 4.81. The van der Waals surface area contributed by atoms with Crippen LogP contribution in [-0.2, 0) is 6.54 Å². The van der Waals surface area contributed by atoms with Gasteiger partial charge in [-0.25, -0.2) is 4.98 Å². The van der Waals surface area contributed by atoms with Crippen LogP contribution in [0, 0.1) is 0 Å². The van der Waals surface area contributed by atoms with Crippen LogP contribution in [0.4, 0.5) is 11.5 Å². The minimum atomic E-state index is -0.524. The molecule has 0 aliphatic heterocycles. The Morgan fingerprint density at radius 2 is 1.95 bits per heavy atom. The number of nitrogens with two attached hydrogens (primary N) is 2. The molecule has 0 unspecified atom stereocenters. The van der Waals surface area contributed by atoms with Crippen LogP contribution in [0.5, 0.6) is 0 Å². The van der Waals surface area contributed by atoms with Gasteiger partial charge in [-0.15, -0.1) is 0 Å². The number of hydrogen-bond acceptors (Lipinski definition) is 4. The second-order valence-electron chi connectivity index (χ2n) is 5.21. The van der Waals surface area contributed by atoms with Crippen LogP contribution in [0.1, 0.15) is 29.9 Å². The number of benzene rings is 1. The van der Waals surface area contributed by atoms with Crippen LogP contribution in [0.2, 0.25) is 0 Å². The Kier molecular flexibility index (Phi) is 4.42. The number of hydrogen-bond donors (Lipinski definition) is 2. The first kappa shape index (κ1) is 14.8. The maximum Gasteiger partial charge on any atom is 0.267 e. The molecular weight excluding hydrogens is 264 g/mol. The SMILES string of the molecule is CC(C)N(Cc1cccc(N)c1)c1cccc(C(N)=O)n1. The molecule has 21 heavy (non-hydrogen) atoms. The average Bonchev–Trinajstić information content (AvgIpc) is 2.44. The van der Waals surface area contributed by atoms with E-state index in [1.165, 1.54) is 0 Å². The summed E-state index contributed by atoms with van der Waals surface area (Å²) in [7, 11) is 0. The van der Waals surface area contributed by atoms with E-state index in [1.807, 2.05) is 30.3 Å². The molecule has 1 heterocycles. The number of primary amides is 1. The fourth-order valence-corrected chi connectivity index (χ4v) is 2.14. The van der Waals surface area contributed by atoms with Gasteiger partial charge < -0.3 is 16.4 Å². The van der Waals surface area contributed by atoms with E-state index in [-0.39, 0.29) is 11.7 Å². The molecule has 0 saturated carbocycles. The number of nitrogens with zero attached hydrogens (tertiary/aromatic N) is 2. The molecule has 0 bridgehead atoms. The molecule has 0 saturated heterocycles.